The average molecular weight is 410 g/mol. The molecule has 2 saturated heterocycles. The molecular weight excluding hydrogens is 383 g/mol. The van der Waals surface area contributed by atoms with Crippen molar-refractivity contribution in [2.24, 2.45) is 0 Å². The van der Waals surface area contributed by atoms with Gasteiger partial charge in [0.15, 0.2) is 0 Å². The minimum absolute atomic E-state index is 0.115. The van der Waals surface area contributed by atoms with Crippen LogP contribution in [0.1, 0.15) is 54.3 Å². The van der Waals surface area contributed by atoms with E-state index in [4.69, 9.17) is 0 Å². The number of rotatable bonds is 2. The van der Waals surface area contributed by atoms with Gasteiger partial charge < -0.3 is 4.90 Å². The molecule has 0 spiro atoms. The zero-order valence-electron chi connectivity index (χ0n) is 17.9. The van der Waals surface area contributed by atoms with Crippen LogP contribution in [-0.2, 0) is 9.59 Å². The molecule has 0 radical (unpaired) electrons. The first-order valence-electron chi connectivity index (χ1n) is 10.4. The Hall–Kier alpha value is -2.68. The molecule has 3 aliphatic heterocycles. The number of anilines is 1. The molecule has 0 saturated carbocycles. The molecule has 1 unspecified atom stereocenters. The third-order valence-corrected chi connectivity index (χ3v) is 6.33. The summed E-state index contributed by atoms with van der Waals surface area (Å²) in [5.74, 6) is -1.88. The smallest absolute Gasteiger partial charge is 0.262 e. The third kappa shape index (κ3) is 3.41. The molecule has 9 heteroatoms. The summed E-state index contributed by atoms with van der Waals surface area (Å²) in [6.07, 6.45) is 0.281. The molecule has 1 N–H and O–H groups in total. The van der Waals surface area contributed by atoms with Crippen LogP contribution in [0.15, 0.2) is 12.1 Å². The summed E-state index contributed by atoms with van der Waals surface area (Å²) >= 11 is 0. The Morgan fingerprint density at radius 2 is 1.57 bits per heavy atom. The number of hydrogen-bond donors (Lipinski definition) is 1. The molecule has 0 bridgehead atoms. The molecule has 1 aromatic rings. The minimum Gasteiger partial charge on any atom is -0.369 e. The Bertz CT molecular complexity index is 947. The van der Waals surface area contributed by atoms with E-state index in [1.807, 2.05) is 7.85 Å². The quantitative estimate of drug-likeness (QED) is 0.511. The Labute approximate surface area is 177 Å². The van der Waals surface area contributed by atoms with Crippen molar-refractivity contribution in [2.45, 2.75) is 45.2 Å². The highest BCUT2D eigenvalue weighted by Crippen LogP contribution is 2.30. The van der Waals surface area contributed by atoms with Gasteiger partial charge in [0.1, 0.15) is 13.9 Å². The van der Waals surface area contributed by atoms with Crippen molar-refractivity contribution in [3.63, 3.8) is 0 Å². The van der Waals surface area contributed by atoms with Gasteiger partial charge in [0.05, 0.1) is 11.1 Å². The largest absolute Gasteiger partial charge is 0.369 e. The van der Waals surface area contributed by atoms with E-state index < -0.39 is 23.8 Å². The van der Waals surface area contributed by atoms with Crippen LogP contribution in [0.5, 0.6) is 0 Å². The van der Waals surface area contributed by atoms with Crippen LogP contribution in [-0.4, -0.2) is 79.0 Å². The van der Waals surface area contributed by atoms with Crippen LogP contribution in [0.3, 0.4) is 0 Å². The maximum atomic E-state index is 13.1. The number of nitrogens with zero attached hydrogens (tertiary/aromatic N) is 3. The fourth-order valence-corrected chi connectivity index (χ4v) is 4.57. The highest BCUT2D eigenvalue weighted by molar-refractivity contribution is 6.37. The predicted molar refractivity (Wildman–Crippen MR) is 115 cm³/mol. The lowest BCUT2D eigenvalue weighted by Gasteiger charge is -2.43. The Balaban J connectivity index is 1.59. The summed E-state index contributed by atoms with van der Waals surface area (Å²) in [7, 11) is 1.94. The minimum atomic E-state index is -0.936. The summed E-state index contributed by atoms with van der Waals surface area (Å²) in [5, 5.41) is 2.23. The molecule has 30 heavy (non-hydrogen) atoms. The van der Waals surface area contributed by atoms with Crippen molar-refractivity contribution in [1.29, 1.82) is 0 Å². The van der Waals surface area contributed by atoms with Crippen molar-refractivity contribution >= 4 is 42.6 Å². The number of benzene rings is 1. The van der Waals surface area contributed by atoms with E-state index >= 15 is 0 Å². The predicted octanol–water partition coefficient (Wildman–Crippen LogP) is -0.733. The van der Waals surface area contributed by atoms with Gasteiger partial charge in [-0.25, -0.2) is 0 Å². The summed E-state index contributed by atoms with van der Waals surface area (Å²) in [5.41, 5.74) is 2.67. The third-order valence-electron chi connectivity index (χ3n) is 6.33. The average Bonchev–Trinajstić information content (AvgIpc) is 2.91. The van der Waals surface area contributed by atoms with Crippen molar-refractivity contribution in [3.05, 3.63) is 23.3 Å². The van der Waals surface area contributed by atoms with Gasteiger partial charge in [-0.15, -0.1) is 0 Å². The SMILES string of the molecule is Bc1cc2c(cc1N1CCN(C(C)(C)C)CC1)C(=O)N(C1CCC(=O)NC1=O)C2=O. The molecule has 1 atom stereocenters. The summed E-state index contributed by atoms with van der Waals surface area (Å²) in [4.78, 5) is 55.4. The maximum absolute atomic E-state index is 13.1. The van der Waals surface area contributed by atoms with Gasteiger partial charge >= 0.3 is 0 Å². The monoisotopic (exact) mass is 410 g/mol. The highest BCUT2D eigenvalue weighted by atomic mass is 16.2. The molecule has 2 fully saturated rings. The lowest BCUT2D eigenvalue weighted by Crippen LogP contribution is -2.54. The van der Waals surface area contributed by atoms with E-state index in [1.165, 1.54) is 0 Å². The zero-order chi connectivity index (χ0) is 21.8. The Morgan fingerprint density at radius 1 is 0.967 bits per heavy atom. The van der Waals surface area contributed by atoms with Gasteiger partial charge in [-0.3, -0.25) is 34.3 Å². The number of piperazine rings is 1. The van der Waals surface area contributed by atoms with Crippen LogP contribution in [0, 0.1) is 0 Å². The highest BCUT2D eigenvalue weighted by Gasteiger charge is 2.45. The maximum Gasteiger partial charge on any atom is 0.262 e. The van der Waals surface area contributed by atoms with Crippen LogP contribution in [0.4, 0.5) is 5.69 Å². The van der Waals surface area contributed by atoms with Crippen molar-refractivity contribution < 1.29 is 19.2 Å². The van der Waals surface area contributed by atoms with Crippen molar-refractivity contribution in [2.75, 3.05) is 31.1 Å². The van der Waals surface area contributed by atoms with Crippen LogP contribution < -0.4 is 15.7 Å². The van der Waals surface area contributed by atoms with Crippen LogP contribution >= 0.6 is 0 Å². The van der Waals surface area contributed by atoms with E-state index in [9.17, 15) is 19.2 Å². The fraction of sp³-hybridized carbons (Fsp3) is 0.524. The first kappa shape index (κ1) is 20.6. The lowest BCUT2D eigenvalue weighted by molar-refractivity contribution is -0.136. The first-order valence-corrected chi connectivity index (χ1v) is 10.4. The number of fused-ring (bicyclic) bond motifs is 1. The first-order chi connectivity index (χ1) is 14.1. The van der Waals surface area contributed by atoms with Gasteiger partial charge in [0.2, 0.25) is 11.8 Å². The van der Waals surface area contributed by atoms with Crippen molar-refractivity contribution in [1.82, 2.24) is 15.1 Å². The van der Waals surface area contributed by atoms with Gasteiger partial charge in [-0.1, -0.05) is 11.5 Å². The van der Waals surface area contributed by atoms with Crippen molar-refractivity contribution in [3.8, 4) is 0 Å². The number of nitrogens with one attached hydrogen (secondary N) is 1. The molecule has 8 nitrogen and oxygen atoms in total. The number of carbonyl (C=O) groups excluding carboxylic acids is 4. The molecular formula is C21H27BN4O4. The Morgan fingerprint density at radius 3 is 2.13 bits per heavy atom. The molecule has 3 heterocycles. The second-order valence-corrected chi connectivity index (χ2v) is 9.28. The standard InChI is InChI=1S/C21H27BN4O4/c1-21(2,3)25-8-6-24(7-9-25)16-11-13-12(10-14(16)22)19(29)26(20(13)30)15-4-5-17(27)23-18(15)28/h10-11,15H,4-9,22H2,1-3H3,(H,23,27,28). The number of piperidine rings is 1. The van der Waals surface area contributed by atoms with E-state index in [2.05, 4.69) is 35.9 Å². The van der Waals surface area contributed by atoms with Gasteiger partial charge in [0.25, 0.3) is 11.8 Å². The second kappa shape index (κ2) is 7.23. The topological polar surface area (TPSA) is 90.0 Å². The fourth-order valence-electron chi connectivity index (χ4n) is 4.57. The van der Waals surface area contributed by atoms with E-state index in [-0.39, 0.29) is 24.3 Å². The van der Waals surface area contributed by atoms with E-state index in [0.29, 0.717) is 11.1 Å². The number of imide groups is 2. The molecule has 3 aliphatic rings. The second-order valence-electron chi connectivity index (χ2n) is 9.28. The van der Waals surface area contributed by atoms with Crippen LogP contribution in [0.2, 0.25) is 0 Å². The number of amides is 4. The number of carbonyl (C=O) groups is 4. The molecule has 1 aromatic carbocycles. The van der Waals surface area contributed by atoms with Gasteiger partial charge in [0, 0.05) is 43.8 Å². The van der Waals surface area contributed by atoms with E-state index in [1.54, 1.807) is 12.1 Å². The van der Waals surface area contributed by atoms with Gasteiger partial charge in [-0.05, 0) is 33.3 Å². The van der Waals surface area contributed by atoms with Crippen LogP contribution in [0.25, 0.3) is 0 Å². The molecule has 0 aliphatic carbocycles. The van der Waals surface area contributed by atoms with Gasteiger partial charge in [-0.2, -0.15) is 0 Å². The molecule has 4 amide bonds. The summed E-state index contributed by atoms with van der Waals surface area (Å²) in [6.45, 7) is 10.2. The summed E-state index contributed by atoms with van der Waals surface area (Å²) in [6, 6.07) is 2.62. The van der Waals surface area contributed by atoms with E-state index in [0.717, 1.165) is 42.2 Å². The lowest BCUT2D eigenvalue weighted by atomic mass is 9.89. The molecule has 4 rings (SSSR count). The number of hydrogen-bond acceptors (Lipinski definition) is 6. The zero-order valence-corrected chi connectivity index (χ0v) is 17.9. The molecule has 158 valence electrons. The summed E-state index contributed by atoms with van der Waals surface area (Å²) < 4.78 is 0. The molecule has 0 aromatic heterocycles. The Kier molecular flexibility index (Phi) is 4.96. The normalized spacial score (nSPS) is 23.1.